The van der Waals surface area contributed by atoms with Gasteiger partial charge in [0.25, 0.3) is 0 Å². The maximum absolute atomic E-state index is 7.61. The number of thiophene rings is 1. The van der Waals surface area contributed by atoms with Crippen molar-refractivity contribution in [2.75, 3.05) is 0 Å². The Morgan fingerprint density at radius 3 is 2.29 bits per heavy atom. The van der Waals surface area contributed by atoms with Gasteiger partial charge < -0.3 is 9.55 Å². The zero-order valence-corrected chi connectivity index (χ0v) is 32.3. The molecule has 0 N–H and O–H groups in total. The van der Waals surface area contributed by atoms with Crippen LogP contribution in [0.5, 0.6) is 0 Å². The fourth-order valence-corrected chi connectivity index (χ4v) is 8.06. The molecule has 0 aliphatic carbocycles. The summed E-state index contributed by atoms with van der Waals surface area (Å²) in [5.41, 5.74) is 7.37. The second-order valence-electron chi connectivity index (χ2n) is 13.2. The Morgan fingerprint density at radius 1 is 0.796 bits per heavy atom. The van der Waals surface area contributed by atoms with Crippen LogP contribution in [0.4, 0.5) is 0 Å². The summed E-state index contributed by atoms with van der Waals surface area (Å²) in [6.07, 6.45) is 3.87. The summed E-state index contributed by atoms with van der Waals surface area (Å²) in [4.78, 5) is 15.2. The van der Waals surface area contributed by atoms with Gasteiger partial charge in [-0.25, -0.2) is 4.98 Å². The molecular weight excluding hydrogens is 813 g/mol. The molecule has 0 atom stereocenters. The van der Waals surface area contributed by atoms with Crippen LogP contribution in [0.2, 0.25) is 19.6 Å². The summed E-state index contributed by atoms with van der Waals surface area (Å²) >= 11 is 1.65. The van der Waals surface area contributed by atoms with Crippen LogP contribution in [0.15, 0.2) is 116 Å². The SMILES string of the molecule is C[Si](C)(C)c1ccc(-c2[c-]cccc2)nc1.[2H]C([2H])([2H])c1ccc(-c2cnc3sc4c(-c5nc6ccccc6n5C(C)C)[c-]ccc4c3c2)cc1.[Ir]. The Morgan fingerprint density at radius 2 is 1.59 bits per heavy atom. The molecule has 0 saturated carbocycles. The fourth-order valence-electron chi connectivity index (χ4n) is 5.91. The van der Waals surface area contributed by atoms with Crippen molar-refractivity contribution < 1.29 is 24.2 Å². The van der Waals surface area contributed by atoms with Gasteiger partial charge >= 0.3 is 0 Å². The van der Waals surface area contributed by atoms with Gasteiger partial charge in [0.2, 0.25) is 0 Å². The largest absolute Gasteiger partial charge is 0.362 e. The summed E-state index contributed by atoms with van der Waals surface area (Å²) in [5.74, 6) is 0.916. The molecule has 0 aliphatic rings. The van der Waals surface area contributed by atoms with E-state index in [9.17, 15) is 0 Å². The van der Waals surface area contributed by atoms with Crippen molar-refractivity contribution in [3.63, 3.8) is 0 Å². The molecule has 8 aromatic rings. The predicted molar refractivity (Wildman–Crippen MR) is 207 cm³/mol. The van der Waals surface area contributed by atoms with Crippen LogP contribution in [0, 0.1) is 19.0 Å². The average Bonchev–Trinajstić information content (AvgIpc) is 3.70. The number of pyridine rings is 2. The zero-order valence-electron chi connectivity index (χ0n) is 31.1. The Hall–Kier alpha value is -4.26. The second-order valence-corrected chi connectivity index (χ2v) is 19.3. The third-order valence-electron chi connectivity index (χ3n) is 8.46. The number of fused-ring (bicyclic) bond motifs is 4. The number of aromatic nitrogens is 4. The molecule has 0 unspecified atom stereocenters. The van der Waals surface area contributed by atoms with Crippen molar-refractivity contribution in [2.45, 2.75) is 46.4 Å². The summed E-state index contributed by atoms with van der Waals surface area (Å²) < 4.78 is 26.2. The van der Waals surface area contributed by atoms with Gasteiger partial charge in [0.05, 0.1) is 24.9 Å². The second kappa shape index (κ2) is 14.3. The first-order valence-electron chi connectivity index (χ1n) is 17.6. The first kappa shape index (κ1) is 30.8. The monoisotopic (exact) mass is 854 g/mol. The number of hydrogen-bond acceptors (Lipinski definition) is 4. The molecule has 4 heterocycles. The minimum atomic E-state index is -2.11. The maximum Gasteiger partial charge on any atom is 0.113 e. The number of rotatable bonds is 5. The van der Waals surface area contributed by atoms with Crippen molar-refractivity contribution in [3.8, 4) is 33.8 Å². The minimum Gasteiger partial charge on any atom is -0.362 e. The van der Waals surface area contributed by atoms with E-state index in [4.69, 9.17) is 14.1 Å². The van der Waals surface area contributed by atoms with E-state index in [1.54, 1.807) is 23.5 Å². The molecule has 1 radical (unpaired) electrons. The minimum absolute atomic E-state index is 0. The fraction of sp³-hybridized carbons (Fsp3) is 0.167. The van der Waals surface area contributed by atoms with Crippen LogP contribution in [0.25, 0.3) is 65.1 Å². The molecule has 0 bridgehead atoms. The molecule has 0 spiro atoms. The first-order chi connectivity index (χ1) is 24.4. The topological polar surface area (TPSA) is 43.6 Å². The predicted octanol–water partition coefficient (Wildman–Crippen LogP) is 10.9. The molecule has 8 rings (SSSR count). The third-order valence-corrected chi connectivity index (χ3v) is 11.6. The van der Waals surface area contributed by atoms with Gasteiger partial charge in [-0.15, -0.1) is 54.1 Å². The Balaban J connectivity index is 0.000000230. The van der Waals surface area contributed by atoms with Gasteiger partial charge in [0, 0.05) is 53.6 Å². The van der Waals surface area contributed by atoms with Crippen LogP contribution in [-0.4, -0.2) is 27.6 Å². The van der Waals surface area contributed by atoms with Gasteiger partial charge in [0.1, 0.15) is 4.83 Å². The van der Waals surface area contributed by atoms with E-state index in [0.29, 0.717) is 5.56 Å². The molecule has 4 aromatic heterocycles. The van der Waals surface area contributed by atoms with Gasteiger partial charge in [-0.3, -0.25) is 4.98 Å². The number of aryl methyl sites for hydroxylation is 1. The van der Waals surface area contributed by atoms with E-state index in [1.807, 2.05) is 73.1 Å². The number of imidazole rings is 1. The Kier molecular flexibility index (Phi) is 8.98. The molecule has 0 amide bonds. The molecule has 4 aromatic carbocycles. The maximum atomic E-state index is 7.61. The van der Waals surface area contributed by atoms with E-state index in [-0.39, 0.29) is 26.1 Å². The molecular formula is C42H38IrN4SSi-2. The number of benzene rings is 4. The van der Waals surface area contributed by atoms with Gasteiger partial charge in [-0.2, -0.15) is 11.3 Å². The molecule has 247 valence electrons. The summed E-state index contributed by atoms with van der Waals surface area (Å²) in [6.45, 7) is 9.24. The number of nitrogens with zero attached hydrogens (tertiary/aromatic N) is 4. The van der Waals surface area contributed by atoms with Gasteiger partial charge in [-0.05, 0) is 60.0 Å². The quantitative estimate of drug-likeness (QED) is 0.128. The molecule has 49 heavy (non-hydrogen) atoms. The smallest absolute Gasteiger partial charge is 0.113 e. The van der Waals surface area contributed by atoms with Crippen LogP contribution in [0.3, 0.4) is 0 Å². The van der Waals surface area contributed by atoms with Crippen LogP contribution in [-0.2, 0) is 20.1 Å². The molecule has 0 fully saturated rings. The van der Waals surface area contributed by atoms with Crippen LogP contribution < -0.4 is 5.19 Å². The Labute approximate surface area is 311 Å². The van der Waals surface area contributed by atoms with E-state index < -0.39 is 14.9 Å². The standard InChI is InChI=1S/C28H22N3S.C14H16NSi.Ir/c1-17(2)31-25-10-5-4-9-24(25)30-27(31)22-8-6-7-21-23-15-20(16-29-28(23)32-26(21)22)19-13-11-18(3)12-14-19;1-16(2,3)13-9-10-14(15-11-13)12-7-5-4-6-8-12;/h4-7,9-17H,1-3H3;4-7,9-11H,1-3H3;/q2*-1;/i3D3;;. The van der Waals surface area contributed by atoms with E-state index in [1.165, 1.54) is 5.19 Å². The van der Waals surface area contributed by atoms with Crippen molar-refractivity contribution in [2.24, 2.45) is 0 Å². The van der Waals surface area contributed by atoms with Crippen LogP contribution in [0.1, 0.15) is 29.6 Å². The van der Waals surface area contributed by atoms with Crippen LogP contribution >= 0.6 is 11.3 Å². The summed E-state index contributed by atoms with van der Waals surface area (Å²) in [5, 5.41) is 3.59. The van der Waals surface area contributed by atoms with Crippen molar-refractivity contribution in [1.82, 2.24) is 19.5 Å². The van der Waals surface area contributed by atoms with Crippen molar-refractivity contribution in [3.05, 3.63) is 133 Å². The Bertz CT molecular complexity index is 2470. The molecule has 4 nitrogen and oxygen atoms in total. The van der Waals surface area contributed by atoms with E-state index >= 15 is 0 Å². The van der Waals surface area contributed by atoms with Gasteiger partial charge in [0.15, 0.2) is 0 Å². The number of hydrogen-bond donors (Lipinski definition) is 0. The van der Waals surface area contributed by atoms with Crippen molar-refractivity contribution in [1.29, 1.82) is 0 Å². The number of para-hydroxylation sites is 2. The molecule has 7 heteroatoms. The molecule has 0 aliphatic heterocycles. The van der Waals surface area contributed by atoms with E-state index in [2.05, 4.69) is 85.5 Å². The van der Waals surface area contributed by atoms with E-state index in [0.717, 1.165) is 65.1 Å². The summed E-state index contributed by atoms with van der Waals surface area (Å²) in [7, 11) is -1.23. The van der Waals surface area contributed by atoms with Crippen molar-refractivity contribution >= 4 is 55.9 Å². The average molecular weight is 854 g/mol. The molecule has 0 saturated heterocycles. The normalized spacial score (nSPS) is 12.7. The summed E-state index contributed by atoms with van der Waals surface area (Å²) in [6, 6.07) is 40.6. The third kappa shape index (κ3) is 7.08. The van der Waals surface area contributed by atoms with Gasteiger partial charge in [-0.1, -0.05) is 84.7 Å². The first-order valence-corrected chi connectivity index (χ1v) is 20.4. The zero-order chi connectivity index (χ0) is 35.9.